The third-order valence-corrected chi connectivity index (χ3v) is 11.4. The summed E-state index contributed by atoms with van der Waals surface area (Å²) in [7, 11) is 0. The first-order chi connectivity index (χ1) is 29.2. The molecular weight excluding hydrogens is 725 g/mol. The van der Waals surface area contributed by atoms with Gasteiger partial charge in [0.2, 0.25) is 0 Å². The van der Waals surface area contributed by atoms with Crippen molar-refractivity contribution in [3.05, 3.63) is 188 Å². The molecule has 0 unspecified atom stereocenters. The van der Waals surface area contributed by atoms with E-state index in [-0.39, 0.29) is 0 Å². The van der Waals surface area contributed by atoms with E-state index in [1.165, 1.54) is 0 Å². The smallest absolute Gasteiger partial charge is 0.164 e. The maximum atomic E-state index is 9.42. The highest BCUT2D eigenvalue weighted by Crippen LogP contribution is 2.49. The molecule has 0 radical (unpaired) electrons. The molecule has 0 aliphatic rings. The van der Waals surface area contributed by atoms with Crippen molar-refractivity contribution in [2.45, 2.75) is 0 Å². The molecule has 4 heterocycles. The van der Waals surface area contributed by atoms with Gasteiger partial charge in [0.15, 0.2) is 23.1 Å². The number of nitrogens with zero attached hydrogens (tertiary/aromatic N) is 6. The second-order valence-corrected chi connectivity index (χ2v) is 14.7. The zero-order valence-corrected chi connectivity index (χ0v) is 31.4. The maximum Gasteiger partial charge on any atom is 0.164 e. The molecule has 0 atom stereocenters. The van der Waals surface area contributed by atoms with Crippen molar-refractivity contribution in [2.24, 2.45) is 0 Å². The maximum absolute atomic E-state index is 9.42. The minimum absolute atomic E-state index is 0.540. The number of para-hydroxylation sites is 4. The van der Waals surface area contributed by atoms with Crippen LogP contribution in [-0.2, 0) is 0 Å². The summed E-state index contributed by atoms with van der Waals surface area (Å²) in [5, 5.41) is 16.2. The molecule has 0 aliphatic carbocycles. The number of fused-ring (bicyclic) bond motifs is 12. The van der Waals surface area contributed by atoms with Crippen LogP contribution >= 0.6 is 0 Å². The average Bonchev–Trinajstić information content (AvgIpc) is 3.98. The first kappa shape index (κ1) is 32.9. The molecule has 7 nitrogen and oxygen atoms in total. The number of hydrogen-bond donors (Lipinski definition) is 0. The van der Waals surface area contributed by atoms with Crippen LogP contribution in [0.3, 0.4) is 0 Å². The number of rotatable bonds is 5. The third-order valence-electron chi connectivity index (χ3n) is 11.4. The molecule has 7 heteroatoms. The fourth-order valence-corrected chi connectivity index (χ4v) is 8.80. The second kappa shape index (κ2) is 12.8. The van der Waals surface area contributed by atoms with Gasteiger partial charge in [-0.05, 0) is 78.9 Å². The molecule has 0 N–H and O–H groups in total. The van der Waals surface area contributed by atoms with Crippen molar-refractivity contribution in [3.63, 3.8) is 0 Å². The van der Waals surface area contributed by atoms with E-state index in [4.69, 9.17) is 19.4 Å². The minimum atomic E-state index is 0.540. The predicted octanol–water partition coefficient (Wildman–Crippen LogP) is 12.8. The third kappa shape index (κ3) is 4.97. The average molecular weight is 755 g/mol. The van der Waals surface area contributed by atoms with Crippen LogP contribution in [0.5, 0.6) is 0 Å². The summed E-state index contributed by atoms with van der Waals surface area (Å²) in [6, 6.07) is 64.3. The zero-order chi connectivity index (χ0) is 39.0. The van der Waals surface area contributed by atoms with E-state index >= 15 is 0 Å². The highest BCUT2D eigenvalue weighted by molar-refractivity contribution is 6.39. The highest BCUT2D eigenvalue weighted by Gasteiger charge is 2.27. The molecule has 12 rings (SSSR count). The van der Waals surface area contributed by atoms with Crippen LogP contribution in [0.1, 0.15) is 5.56 Å². The molecular formula is C52H30N6O. The Morgan fingerprint density at radius 3 is 1.51 bits per heavy atom. The molecule has 0 bridgehead atoms. The molecule has 0 fully saturated rings. The van der Waals surface area contributed by atoms with Gasteiger partial charge in [-0.2, -0.15) is 5.26 Å². The topological polar surface area (TPSA) is 85.5 Å². The number of nitriles is 1. The second-order valence-electron chi connectivity index (χ2n) is 14.7. The monoisotopic (exact) mass is 754 g/mol. The molecule has 59 heavy (non-hydrogen) atoms. The lowest BCUT2D eigenvalue weighted by Gasteiger charge is -2.12. The van der Waals surface area contributed by atoms with E-state index in [9.17, 15) is 5.26 Å². The largest absolute Gasteiger partial charge is 0.454 e. The van der Waals surface area contributed by atoms with E-state index in [1.807, 2.05) is 48.5 Å². The van der Waals surface area contributed by atoms with Gasteiger partial charge in [0.25, 0.3) is 0 Å². The molecule has 0 amide bonds. The molecule has 8 aromatic carbocycles. The summed E-state index contributed by atoms with van der Waals surface area (Å²) in [6.45, 7) is 0. The molecule has 12 aromatic rings. The Hall–Kier alpha value is -8.34. The number of aromatic nitrogens is 5. The van der Waals surface area contributed by atoms with E-state index in [1.54, 1.807) is 12.1 Å². The van der Waals surface area contributed by atoms with Crippen LogP contribution in [-0.4, -0.2) is 24.1 Å². The number of furan rings is 1. The number of benzene rings is 8. The minimum Gasteiger partial charge on any atom is -0.454 e. The SMILES string of the molecule is N#Cc1ccc(-c2nc(-c3ccccc3)nc(-c3ccc(-n4c5ccccc5c5c6c7ccccc7oc6c6c(c7ccccc7n6-c6ccccc6)c54)cc3)n2)cc1. The Morgan fingerprint density at radius 2 is 0.881 bits per heavy atom. The van der Waals surface area contributed by atoms with Crippen LogP contribution < -0.4 is 0 Å². The lowest BCUT2D eigenvalue weighted by Crippen LogP contribution is -2.00. The van der Waals surface area contributed by atoms with E-state index in [0.717, 1.165) is 93.6 Å². The molecule has 274 valence electrons. The Kier molecular flexibility index (Phi) is 7.16. The molecule has 0 saturated carbocycles. The van der Waals surface area contributed by atoms with Crippen molar-refractivity contribution < 1.29 is 4.42 Å². The first-order valence-electron chi connectivity index (χ1n) is 19.5. The fourth-order valence-electron chi connectivity index (χ4n) is 8.80. The Morgan fingerprint density at radius 1 is 0.407 bits per heavy atom. The lowest BCUT2D eigenvalue weighted by atomic mass is 10.0. The summed E-state index contributed by atoms with van der Waals surface area (Å²) >= 11 is 0. The molecule has 0 saturated heterocycles. The van der Waals surface area contributed by atoms with Crippen LogP contribution in [0.4, 0.5) is 0 Å². The molecule has 4 aromatic heterocycles. The summed E-state index contributed by atoms with van der Waals surface area (Å²) in [6.07, 6.45) is 0. The standard InChI is InChI=1S/C52H30N6O/c53-31-32-23-25-34(26-24-32)51-54-50(33-13-3-1-4-14-33)55-52(56-51)35-27-29-37(30-28-35)57-41-20-10-7-17-38(41)44-45-40-19-9-12-22-43(40)59-49(45)48-46(47(44)57)39-18-8-11-21-42(39)58(48)36-15-5-2-6-16-36/h1-30H. The number of hydrogen-bond acceptors (Lipinski definition) is 5. The van der Waals surface area contributed by atoms with Gasteiger partial charge < -0.3 is 13.6 Å². The van der Waals surface area contributed by atoms with Gasteiger partial charge in [0.05, 0.1) is 33.7 Å². The normalized spacial score (nSPS) is 11.7. The lowest BCUT2D eigenvalue weighted by molar-refractivity contribution is 0.671. The Labute approximate surface area is 337 Å². The quantitative estimate of drug-likeness (QED) is 0.175. The first-order valence-corrected chi connectivity index (χ1v) is 19.5. The van der Waals surface area contributed by atoms with Crippen LogP contribution in [0.25, 0.3) is 111 Å². The van der Waals surface area contributed by atoms with E-state index in [2.05, 4.69) is 137 Å². The van der Waals surface area contributed by atoms with Crippen LogP contribution in [0, 0.1) is 11.3 Å². The Balaban J connectivity index is 1.15. The van der Waals surface area contributed by atoms with Gasteiger partial charge in [0.1, 0.15) is 5.58 Å². The van der Waals surface area contributed by atoms with E-state index in [0.29, 0.717) is 23.0 Å². The summed E-state index contributed by atoms with van der Waals surface area (Å²) in [5.74, 6) is 1.68. The Bertz CT molecular complexity index is 3650. The molecule has 0 spiro atoms. The zero-order valence-electron chi connectivity index (χ0n) is 31.4. The van der Waals surface area contributed by atoms with Gasteiger partial charge in [-0.25, -0.2) is 15.0 Å². The van der Waals surface area contributed by atoms with Gasteiger partial charge in [-0.15, -0.1) is 0 Å². The fraction of sp³-hybridized carbons (Fsp3) is 0. The molecule has 0 aliphatic heterocycles. The highest BCUT2D eigenvalue weighted by atomic mass is 16.3. The summed E-state index contributed by atoms with van der Waals surface area (Å²) in [5.41, 5.74) is 11.3. The van der Waals surface area contributed by atoms with Gasteiger partial charge in [0, 0.05) is 60.4 Å². The van der Waals surface area contributed by atoms with Gasteiger partial charge in [-0.3, -0.25) is 0 Å². The van der Waals surface area contributed by atoms with Crippen LogP contribution in [0.15, 0.2) is 186 Å². The van der Waals surface area contributed by atoms with E-state index < -0.39 is 0 Å². The van der Waals surface area contributed by atoms with Crippen LogP contribution in [0.2, 0.25) is 0 Å². The van der Waals surface area contributed by atoms with Crippen molar-refractivity contribution in [1.82, 2.24) is 24.1 Å². The van der Waals surface area contributed by atoms with Crippen molar-refractivity contribution in [2.75, 3.05) is 0 Å². The summed E-state index contributed by atoms with van der Waals surface area (Å²) < 4.78 is 11.7. The predicted molar refractivity (Wildman–Crippen MR) is 237 cm³/mol. The van der Waals surface area contributed by atoms with Crippen molar-refractivity contribution in [1.29, 1.82) is 5.26 Å². The summed E-state index contributed by atoms with van der Waals surface area (Å²) in [4.78, 5) is 14.9. The van der Waals surface area contributed by atoms with Gasteiger partial charge in [-0.1, -0.05) is 103 Å². The van der Waals surface area contributed by atoms with Crippen molar-refractivity contribution >= 4 is 65.6 Å². The van der Waals surface area contributed by atoms with Crippen molar-refractivity contribution in [3.8, 4) is 51.6 Å². The van der Waals surface area contributed by atoms with Gasteiger partial charge >= 0.3 is 0 Å².